The Bertz CT molecular complexity index is 826. The van der Waals surface area contributed by atoms with Gasteiger partial charge in [-0.1, -0.05) is 0 Å². The van der Waals surface area contributed by atoms with Crippen LogP contribution in [0, 0.1) is 0 Å². The maximum absolute atomic E-state index is 12.4. The molecule has 0 aliphatic rings. The molecule has 1 heterocycles. The summed E-state index contributed by atoms with van der Waals surface area (Å²) in [6, 6.07) is 1.09. The minimum atomic E-state index is -4.60. The lowest BCUT2D eigenvalue weighted by Crippen LogP contribution is -2.45. The summed E-state index contributed by atoms with van der Waals surface area (Å²) >= 11 is 0. The van der Waals surface area contributed by atoms with Crippen molar-refractivity contribution in [3.05, 3.63) is 33.1 Å². The molecule has 166 valence electrons. The van der Waals surface area contributed by atoms with Gasteiger partial charge in [-0.2, -0.15) is 0 Å². The van der Waals surface area contributed by atoms with Crippen molar-refractivity contribution in [1.29, 1.82) is 0 Å². The highest BCUT2D eigenvalue weighted by atomic mass is 31.2. The van der Waals surface area contributed by atoms with Gasteiger partial charge in [0.15, 0.2) is 6.86 Å². The summed E-state index contributed by atoms with van der Waals surface area (Å²) in [5.41, 5.74) is -2.62. The smallest absolute Gasteiger partial charge is 0.432 e. The third-order valence-electron chi connectivity index (χ3n) is 3.52. The van der Waals surface area contributed by atoms with Crippen molar-refractivity contribution in [3.63, 3.8) is 0 Å². The zero-order chi connectivity index (χ0) is 22.1. The molecule has 14 heteroatoms. The molecule has 0 radical (unpaired) electrons. The van der Waals surface area contributed by atoms with Gasteiger partial charge in [0.2, 0.25) is 6.79 Å². The lowest BCUT2D eigenvalue weighted by Gasteiger charge is -2.31. The lowest BCUT2D eigenvalue weighted by molar-refractivity contribution is -0.0233. The van der Waals surface area contributed by atoms with Crippen LogP contribution in [0.1, 0.15) is 27.2 Å². The minimum Gasteiger partial charge on any atom is -0.432 e. The molecule has 1 aromatic heterocycles. The van der Waals surface area contributed by atoms with Gasteiger partial charge >= 0.3 is 19.7 Å². The minimum absolute atomic E-state index is 0.0941. The molecule has 0 aliphatic carbocycles. The number of alkyl halides is 1. The van der Waals surface area contributed by atoms with E-state index in [0.29, 0.717) is 0 Å². The summed E-state index contributed by atoms with van der Waals surface area (Å²) in [7, 11) is -4.60. The van der Waals surface area contributed by atoms with Crippen LogP contribution in [0.25, 0.3) is 0 Å². The van der Waals surface area contributed by atoms with Gasteiger partial charge in [-0.3, -0.25) is 18.9 Å². The fraction of sp³-hybridized carbons (Fsp3) is 0.667. The molecule has 1 aromatic rings. The Kier molecular flexibility index (Phi) is 9.66. The molecule has 1 rings (SSSR count). The van der Waals surface area contributed by atoms with E-state index in [4.69, 9.17) is 9.26 Å². The van der Waals surface area contributed by atoms with Crippen LogP contribution in [0.3, 0.4) is 0 Å². The van der Waals surface area contributed by atoms with Crippen molar-refractivity contribution in [3.8, 4) is 0 Å². The van der Waals surface area contributed by atoms with Crippen molar-refractivity contribution < 1.29 is 41.9 Å². The second-order valence-electron chi connectivity index (χ2n) is 6.29. The highest BCUT2D eigenvalue weighted by Gasteiger charge is 2.30. The molecule has 0 amide bonds. The highest BCUT2D eigenvalue weighted by Crippen LogP contribution is 2.43. The molecule has 1 unspecified atom stereocenters. The van der Waals surface area contributed by atoms with E-state index >= 15 is 0 Å². The van der Waals surface area contributed by atoms with Crippen molar-refractivity contribution in [2.75, 3.05) is 26.9 Å². The number of carbonyl (C=O) groups is 1. The first-order valence-corrected chi connectivity index (χ1v) is 9.90. The zero-order valence-corrected chi connectivity index (χ0v) is 17.1. The predicted octanol–water partition coefficient (Wildman–Crippen LogP) is 1.24. The Labute approximate surface area is 165 Å². The number of nitrogens with one attached hydrogen (secondary N) is 1. The average Bonchev–Trinajstić information content (AvgIpc) is 2.58. The van der Waals surface area contributed by atoms with Crippen LogP contribution >= 0.6 is 7.82 Å². The zero-order valence-electron chi connectivity index (χ0n) is 16.2. The molecule has 0 spiro atoms. The average molecular weight is 442 g/mol. The van der Waals surface area contributed by atoms with Crippen LogP contribution in [0.2, 0.25) is 0 Å². The summed E-state index contributed by atoms with van der Waals surface area (Å²) in [4.78, 5) is 46.1. The summed E-state index contributed by atoms with van der Waals surface area (Å²) in [6.07, 6.45) is -0.441. The van der Waals surface area contributed by atoms with Gasteiger partial charge < -0.3 is 19.1 Å². The van der Waals surface area contributed by atoms with Gasteiger partial charge in [0, 0.05) is 12.3 Å². The van der Waals surface area contributed by atoms with Crippen LogP contribution in [0.15, 0.2) is 21.9 Å². The van der Waals surface area contributed by atoms with Crippen LogP contribution < -0.4 is 11.2 Å². The van der Waals surface area contributed by atoms with E-state index in [9.17, 15) is 28.2 Å². The van der Waals surface area contributed by atoms with Gasteiger partial charge in [0.05, 0.1) is 24.9 Å². The van der Waals surface area contributed by atoms with E-state index in [0.717, 1.165) is 10.6 Å². The van der Waals surface area contributed by atoms with Gasteiger partial charge in [-0.05, 0) is 27.2 Å². The number of hydrogen-bond acceptors (Lipinski definition) is 9. The van der Waals surface area contributed by atoms with E-state index in [1.54, 1.807) is 13.8 Å². The number of phosphoric ester groups is 1. The first-order valence-electron chi connectivity index (χ1n) is 8.40. The molecule has 2 N–H and O–H groups in total. The van der Waals surface area contributed by atoms with E-state index in [1.165, 1.54) is 13.1 Å². The number of nitrogens with zero attached hydrogens (tertiary/aromatic N) is 1. The number of hydrogen-bond donors (Lipinski definition) is 2. The maximum atomic E-state index is 12.4. The Morgan fingerprint density at radius 3 is 2.66 bits per heavy atom. The number of carbonyl (C=O) groups excluding carboxylic acids is 1. The molecule has 0 aromatic carbocycles. The summed E-state index contributed by atoms with van der Waals surface area (Å²) in [6.45, 7) is 1.95. The number of phosphoric acid groups is 1. The standard InChI is InChI=1S/C15H24FN2O10P/c1-11(2)28-14(21)25-10-27-29(22,23)26-7-5-15(3,8-24-9-16)18-6-4-12(19)17-13(18)20/h4,6,11H,5,7-10H2,1-3H3,(H,22,23)(H,17,19,20)/t15-/m1/s1. The van der Waals surface area contributed by atoms with Crippen LogP contribution in [0.4, 0.5) is 9.18 Å². The van der Waals surface area contributed by atoms with E-state index in [1.807, 2.05) is 0 Å². The maximum Gasteiger partial charge on any atom is 0.510 e. The fourth-order valence-electron chi connectivity index (χ4n) is 2.15. The van der Waals surface area contributed by atoms with Crippen molar-refractivity contribution in [2.45, 2.75) is 38.8 Å². The third kappa shape index (κ3) is 8.88. The number of rotatable bonds is 12. The number of ether oxygens (including phenoxy) is 3. The van der Waals surface area contributed by atoms with Crippen molar-refractivity contribution >= 4 is 14.0 Å². The van der Waals surface area contributed by atoms with Crippen molar-refractivity contribution in [2.24, 2.45) is 0 Å². The van der Waals surface area contributed by atoms with Crippen LogP contribution in [-0.4, -0.2) is 53.6 Å². The quantitative estimate of drug-likeness (QED) is 0.274. The fourth-order valence-corrected chi connectivity index (χ4v) is 2.73. The first-order chi connectivity index (χ1) is 13.5. The summed E-state index contributed by atoms with van der Waals surface area (Å²) in [5, 5.41) is 0. The number of aromatic amines is 1. The predicted molar refractivity (Wildman–Crippen MR) is 95.9 cm³/mol. The van der Waals surface area contributed by atoms with Gasteiger partial charge in [0.25, 0.3) is 5.56 Å². The largest absolute Gasteiger partial charge is 0.510 e. The molecular weight excluding hydrogens is 418 g/mol. The molecule has 12 nitrogen and oxygen atoms in total. The molecular formula is C15H24FN2O10P. The van der Waals surface area contributed by atoms with E-state index < -0.39 is 57.1 Å². The van der Waals surface area contributed by atoms with Crippen LogP contribution in [0.5, 0.6) is 0 Å². The van der Waals surface area contributed by atoms with Crippen LogP contribution in [-0.2, 0) is 33.4 Å². The summed E-state index contributed by atoms with van der Waals surface area (Å²) in [5.74, 6) is 0. The van der Waals surface area contributed by atoms with Crippen molar-refractivity contribution in [1.82, 2.24) is 9.55 Å². The second-order valence-corrected chi connectivity index (χ2v) is 7.75. The molecule has 0 fully saturated rings. The highest BCUT2D eigenvalue weighted by molar-refractivity contribution is 7.47. The number of H-pyrrole nitrogens is 1. The second kappa shape index (κ2) is 11.2. The van der Waals surface area contributed by atoms with E-state index in [-0.39, 0.29) is 13.0 Å². The molecule has 0 saturated heterocycles. The summed E-state index contributed by atoms with van der Waals surface area (Å²) < 4.78 is 48.4. The Morgan fingerprint density at radius 2 is 2.07 bits per heavy atom. The Morgan fingerprint density at radius 1 is 1.38 bits per heavy atom. The SMILES string of the molecule is CC(C)OC(=O)OCOP(=O)(O)OCC[C@](C)(COCF)n1ccc(=O)[nH]c1=O. The molecule has 0 aliphatic heterocycles. The third-order valence-corrected chi connectivity index (χ3v) is 4.46. The topological polar surface area (TPSA) is 155 Å². The number of aromatic nitrogens is 2. The molecule has 29 heavy (non-hydrogen) atoms. The van der Waals surface area contributed by atoms with Gasteiger partial charge in [-0.25, -0.2) is 23.1 Å². The monoisotopic (exact) mass is 442 g/mol. The Balaban J connectivity index is 2.67. The molecule has 2 atom stereocenters. The number of halogens is 1. The normalized spacial score (nSPS) is 15.5. The first kappa shape index (κ1) is 25.0. The van der Waals surface area contributed by atoms with E-state index in [2.05, 4.69) is 19.0 Å². The molecule has 0 saturated carbocycles. The van der Waals surface area contributed by atoms with Gasteiger partial charge in [-0.15, -0.1) is 0 Å². The Hall–Kier alpha value is -2.05. The lowest BCUT2D eigenvalue weighted by atomic mass is 9.99. The molecule has 0 bridgehead atoms. The van der Waals surface area contributed by atoms with Gasteiger partial charge in [0.1, 0.15) is 0 Å².